The molecule has 0 atom stereocenters. The van der Waals surface area contributed by atoms with Crippen molar-refractivity contribution in [3.63, 3.8) is 0 Å². The van der Waals surface area contributed by atoms with Gasteiger partial charge in [-0.05, 0) is 37.1 Å². The Kier molecular flexibility index (Phi) is 7.49. The standard InChI is InChI=1S/C26H26N4O5S/c1-16(2)35-15-30-24(32)22-18(11-19(14-31)20-9-10-21(36-20)25(33)34-3)13-29(23(22)28-26(30)27)12-17-7-5-4-6-8-17/h4-10,13,16H,11-12,15H2,1-3H3,(H2,27,28). The minimum atomic E-state index is -0.483. The maximum absolute atomic E-state index is 13.6. The van der Waals surface area contributed by atoms with Gasteiger partial charge >= 0.3 is 5.97 Å². The second-order valence-electron chi connectivity index (χ2n) is 8.43. The SMILES string of the molecule is COC(=O)c1ccc(C(=C=O)Cc2cn(Cc3ccccc3)c3nc(N)n(COC(C)C)c(=O)c23)s1. The third-order valence-electron chi connectivity index (χ3n) is 5.60. The van der Waals surface area contributed by atoms with Gasteiger partial charge in [-0.1, -0.05) is 30.3 Å². The molecule has 0 unspecified atom stereocenters. The highest BCUT2D eigenvalue weighted by Crippen LogP contribution is 2.29. The highest BCUT2D eigenvalue weighted by molar-refractivity contribution is 7.15. The van der Waals surface area contributed by atoms with Crippen LogP contribution in [-0.2, 0) is 34.0 Å². The van der Waals surface area contributed by atoms with Gasteiger partial charge in [0.15, 0.2) is 0 Å². The molecule has 10 heteroatoms. The molecule has 0 fully saturated rings. The summed E-state index contributed by atoms with van der Waals surface area (Å²) >= 11 is 1.13. The molecule has 0 aliphatic heterocycles. The number of nitrogen functional groups attached to an aromatic ring is 1. The molecular weight excluding hydrogens is 480 g/mol. The van der Waals surface area contributed by atoms with Crippen molar-refractivity contribution >= 4 is 45.8 Å². The number of benzene rings is 1. The lowest BCUT2D eigenvalue weighted by atomic mass is 10.1. The van der Waals surface area contributed by atoms with Crippen LogP contribution < -0.4 is 11.3 Å². The van der Waals surface area contributed by atoms with E-state index in [1.165, 1.54) is 11.7 Å². The van der Waals surface area contributed by atoms with Gasteiger partial charge in [0.05, 0.1) is 24.2 Å². The molecule has 0 spiro atoms. The lowest BCUT2D eigenvalue weighted by Gasteiger charge is -2.13. The van der Waals surface area contributed by atoms with Crippen LogP contribution in [0.3, 0.4) is 0 Å². The summed E-state index contributed by atoms with van der Waals surface area (Å²) in [6.07, 6.45) is 1.82. The molecule has 0 amide bonds. The molecule has 36 heavy (non-hydrogen) atoms. The first-order valence-corrected chi connectivity index (χ1v) is 12.1. The van der Waals surface area contributed by atoms with Gasteiger partial charge in [0.1, 0.15) is 23.2 Å². The summed E-state index contributed by atoms with van der Waals surface area (Å²) < 4.78 is 13.5. The van der Waals surface area contributed by atoms with Crippen LogP contribution >= 0.6 is 11.3 Å². The lowest BCUT2D eigenvalue weighted by molar-refractivity contribution is 0.0279. The number of aromatic nitrogens is 3. The van der Waals surface area contributed by atoms with Crippen molar-refractivity contribution in [1.29, 1.82) is 0 Å². The number of nitrogens with two attached hydrogens (primary N) is 1. The van der Waals surface area contributed by atoms with Crippen molar-refractivity contribution < 1.29 is 19.1 Å². The van der Waals surface area contributed by atoms with Gasteiger partial charge < -0.3 is 19.8 Å². The van der Waals surface area contributed by atoms with Crippen molar-refractivity contribution in [3.05, 3.63) is 79.9 Å². The van der Waals surface area contributed by atoms with Crippen LogP contribution in [0.4, 0.5) is 5.95 Å². The van der Waals surface area contributed by atoms with E-state index >= 15 is 0 Å². The normalized spacial score (nSPS) is 11.1. The minimum absolute atomic E-state index is 0.0410. The molecule has 4 aromatic rings. The number of carbonyl (C=O) groups is 1. The Hall–Kier alpha value is -3.98. The number of ether oxygens (including phenoxy) is 2. The number of methoxy groups -OCH3 is 1. The summed E-state index contributed by atoms with van der Waals surface area (Å²) in [5.74, 6) is 1.54. The van der Waals surface area contributed by atoms with E-state index in [2.05, 4.69) is 4.98 Å². The first-order chi connectivity index (χ1) is 17.3. The predicted molar refractivity (Wildman–Crippen MR) is 139 cm³/mol. The summed E-state index contributed by atoms with van der Waals surface area (Å²) in [6.45, 7) is 4.14. The molecule has 0 saturated carbocycles. The molecule has 2 N–H and O–H groups in total. The molecule has 9 nitrogen and oxygen atoms in total. The third kappa shape index (κ3) is 5.16. The summed E-state index contributed by atoms with van der Waals surface area (Å²) in [5.41, 5.74) is 8.15. The van der Waals surface area contributed by atoms with E-state index in [1.807, 2.05) is 60.9 Å². The largest absolute Gasteiger partial charge is 0.465 e. The smallest absolute Gasteiger partial charge is 0.348 e. The van der Waals surface area contributed by atoms with E-state index in [9.17, 15) is 14.4 Å². The Bertz CT molecular complexity index is 1510. The van der Waals surface area contributed by atoms with Crippen LogP contribution in [0.15, 0.2) is 53.5 Å². The molecule has 3 aromatic heterocycles. The van der Waals surface area contributed by atoms with E-state index in [-0.39, 0.29) is 30.8 Å². The number of hydrogen-bond acceptors (Lipinski definition) is 8. The summed E-state index contributed by atoms with van der Waals surface area (Å²) in [4.78, 5) is 42.9. The number of nitrogens with zero attached hydrogens (tertiary/aromatic N) is 3. The van der Waals surface area contributed by atoms with Crippen LogP contribution in [0, 0.1) is 0 Å². The number of anilines is 1. The summed E-state index contributed by atoms with van der Waals surface area (Å²) in [7, 11) is 1.30. The van der Waals surface area contributed by atoms with Gasteiger partial charge in [0, 0.05) is 24.0 Å². The van der Waals surface area contributed by atoms with Gasteiger partial charge in [0.2, 0.25) is 5.95 Å². The molecule has 4 rings (SSSR count). The predicted octanol–water partition coefficient (Wildman–Crippen LogP) is 3.52. The maximum Gasteiger partial charge on any atom is 0.348 e. The fourth-order valence-electron chi connectivity index (χ4n) is 3.82. The minimum Gasteiger partial charge on any atom is -0.465 e. The van der Waals surface area contributed by atoms with Crippen molar-refractivity contribution in [1.82, 2.24) is 14.1 Å². The molecule has 0 aliphatic carbocycles. The van der Waals surface area contributed by atoms with Gasteiger partial charge in [-0.3, -0.25) is 9.36 Å². The second-order valence-corrected chi connectivity index (χ2v) is 9.51. The zero-order valence-corrected chi connectivity index (χ0v) is 21.0. The van der Waals surface area contributed by atoms with Crippen molar-refractivity contribution in [3.8, 4) is 0 Å². The number of thiophene rings is 1. The Labute approximate surface area is 211 Å². The van der Waals surface area contributed by atoms with Crippen molar-refractivity contribution in [2.75, 3.05) is 12.8 Å². The molecule has 0 saturated heterocycles. The molecular formula is C26H26N4O5S. The molecule has 0 bridgehead atoms. The molecule has 0 radical (unpaired) electrons. The van der Waals surface area contributed by atoms with Crippen LogP contribution in [0.5, 0.6) is 0 Å². The average Bonchev–Trinajstić information content (AvgIpc) is 3.48. The Morgan fingerprint density at radius 1 is 1.17 bits per heavy atom. The van der Waals surface area contributed by atoms with Gasteiger partial charge in [0.25, 0.3) is 5.56 Å². The fraction of sp³-hybridized carbons (Fsp3) is 0.269. The number of rotatable bonds is 9. The van der Waals surface area contributed by atoms with Gasteiger partial charge in [-0.25, -0.2) is 9.59 Å². The summed E-state index contributed by atoms with van der Waals surface area (Å²) in [5, 5.41) is 0.352. The zero-order chi connectivity index (χ0) is 25.8. The first-order valence-electron chi connectivity index (χ1n) is 11.3. The molecule has 3 heterocycles. The maximum atomic E-state index is 13.6. The monoisotopic (exact) mass is 506 g/mol. The Morgan fingerprint density at radius 2 is 1.89 bits per heavy atom. The van der Waals surface area contributed by atoms with Crippen LogP contribution in [-0.4, -0.2) is 39.2 Å². The lowest BCUT2D eigenvalue weighted by Crippen LogP contribution is -2.27. The first kappa shape index (κ1) is 25.1. The highest BCUT2D eigenvalue weighted by atomic mass is 32.1. The molecule has 0 aliphatic rings. The van der Waals surface area contributed by atoms with Crippen molar-refractivity contribution in [2.45, 2.75) is 39.6 Å². The Balaban J connectivity index is 1.82. The highest BCUT2D eigenvalue weighted by Gasteiger charge is 2.21. The van der Waals surface area contributed by atoms with Crippen LogP contribution in [0.2, 0.25) is 0 Å². The van der Waals surface area contributed by atoms with E-state index in [4.69, 9.17) is 15.2 Å². The van der Waals surface area contributed by atoms with E-state index in [1.54, 1.807) is 12.1 Å². The number of fused-ring (bicyclic) bond motifs is 1. The molecule has 186 valence electrons. The van der Waals surface area contributed by atoms with Gasteiger partial charge in [-0.15, -0.1) is 11.3 Å². The van der Waals surface area contributed by atoms with Crippen molar-refractivity contribution in [2.24, 2.45) is 0 Å². The quantitative estimate of drug-likeness (QED) is 0.273. The number of carbonyl (C=O) groups excluding carboxylic acids is 2. The zero-order valence-electron chi connectivity index (χ0n) is 20.2. The van der Waals surface area contributed by atoms with E-state index in [0.717, 1.165) is 16.9 Å². The number of hydrogen-bond donors (Lipinski definition) is 1. The third-order valence-corrected chi connectivity index (χ3v) is 6.72. The van der Waals surface area contributed by atoms with E-state index in [0.29, 0.717) is 38.5 Å². The van der Waals surface area contributed by atoms with Crippen LogP contribution in [0.1, 0.15) is 39.5 Å². The fourth-order valence-corrected chi connectivity index (χ4v) is 4.73. The topological polar surface area (TPSA) is 118 Å². The van der Waals surface area contributed by atoms with E-state index < -0.39 is 5.97 Å². The number of allylic oxidation sites excluding steroid dienone is 1. The summed E-state index contributed by atoms with van der Waals surface area (Å²) in [6, 6.07) is 13.0. The van der Waals surface area contributed by atoms with Crippen LogP contribution in [0.25, 0.3) is 16.6 Å². The molecule has 1 aromatic carbocycles. The van der Waals surface area contributed by atoms with Gasteiger partial charge in [-0.2, -0.15) is 4.98 Å². The number of esters is 1. The second kappa shape index (κ2) is 10.7. The Morgan fingerprint density at radius 3 is 2.56 bits per heavy atom. The average molecular weight is 507 g/mol.